The van der Waals surface area contributed by atoms with Crippen LogP contribution in [0.3, 0.4) is 0 Å². The Balaban J connectivity index is 1.72. The standard InChI is InChI=1S/C16H20O2/c1-10(2)18-15-5-3-4-11(9-15)16(17)14-7-12-6-13(12)8-14/h3-5,9-10,12-14H,6-8H2,1-2H3. The summed E-state index contributed by atoms with van der Waals surface area (Å²) in [4.78, 5) is 12.4. The van der Waals surface area contributed by atoms with Gasteiger partial charge in [0, 0.05) is 11.5 Å². The van der Waals surface area contributed by atoms with Gasteiger partial charge in [-0.25, -0.2) is 0 Å². The maximum Gasteiger partial charge on any atom is 0.166 e. The smallest absolute Gasteiger partial charge is 0.166 e. The Kier molecular flexibility index (Phi) is 2.89. The van der Waals surface area contributed by atoms with Crippen molar-refractivity contribution in [2.75, 3.05) is 0 Å². The van der Waals surface area contributed by atoms with Crippen LogP contribution in [0.4, 0.5) is 0 Å². The van der Waals surface area contributed by atoms with Gasteiger partial charge in [-0.05, 0) is 57.1 Å². The molecule has 0 heterocycles. The third kappa shape index (κ3) is 2.29. The van der Waals surface area contributed by atoms with Crippen molar-refractivity contribution in [2.24, 2.45) is 17.8 Å². The molecule has 1 aromatic rings. The van der Waals surface area contributed by atoms with Crippen LogP contribution in [0.1, 0.15) is 43.5 Å². The number of fused-ring (bicyclic) bond motifs is 1. The fourth-order valence-corrected chi connectivity index (χ4v) is 3.16. The van der Waals surface area contributed by atoms with Gasteiger partial charge in [0.2, 0.25) is 0 Å². The predicted octanol–water partition coefficient (Wildman–Crippen LogP) is 3.70. The molecule has 2 aliphatic carbocycles. The van der Waals surface area contributed by atoms with Crippen LogP contribution in [0.5, 0.6) is 5.75 Å². The second kappa shape index (κ2) is 4.42. The Morgan fingerprint density at radius 1 is 1.22 bits per heavy atom. The number of benzene rings is 1. The highest BCUT2D eigenvalue weighted by Crippen LogP contribution is 2.54. The van der Waals surface area contributed by atoms with E-state index in [-0.39, 0.29) is 12.0 Å². The van der Waals surface area contributed by atoms with Crippen molar-refractivity contribution in [2.45, 2.75) is 39.2 Å². The fourth-order valence-electron chi connectivity index (χ4n) is 3.16. The first-order valence-corrected chi connectivity index (χ1v) is 6.94. The number of rotatable bonds is 4. The van der Waals surface area contributed by atoms with E-state index in [2.05, 4.69) is 0 Å². The van der Waals surface area contributed by atoms with Crippen LogP contribution in [0.15, 0.2) is 24.3 Å². The van der Waals surface area contributed by atoms with E-state index in [4.69, 9.17) is 4.74 Å². The highest BCUT2D eigenvalue weighted by molar-refractivity contribution is 5.98. The van der Waals surface area contributed by atoms with E-state index >= 15 is 0 Å². The molecule has 18 heavy (non-hydrogen) atoms. The number of ether oxygens (including phenoxy) is 1. The van der Waals surface area contributed by atoms with Crippen LogP contribution in [0, 0.1) is 17.8 Å². The van der Waals surface area contributed by atoms with Crippen molar-refractivity contribution in [3.05, 3.63) is 29.8 Å². The number of carbonyl (C=O) groups is 1. The van der Waals surface area contributed by atoms with Crippen LogP contribution < -0.4 is 4.74 Å². The summed E-state index contributed by atoms with van der Waals surface area (Å²) < 4.78 is 5.65. The third-order valence-electron chi connectivity index (χ3n) is 4.10. The van der Waals surface area contributed by atoms with Crippen molar-refractivity contribution >= 4 is 5.78 Å². The lowest BCUT2D eigenvalue weighted by atomic mass is 9.93. The van der Waals surface area contributed by atoms with E-state index in [1.54, 1.807) is 0 Å². The number of carbonyl (C=O) groups excluding carboxylic acids is 1. The molecule has 96 valence electrons. The number of Topliss-reactive ketones (excluding diaryl/α,β-unsaturated/α-hetero) is 1. The van der Waals surface area contributed by atoms with Gasteiger partial charge in [0.05, 0.1) is 6.10 Å². The molecular weight excluding hydrogens is 224 g/mol. The average molecular weight is 244 g/mol. The minimum absolute atomic E-state index is 0.148. The first kappa shape index (κ1) is 11.8. The molecule has 0 bridgehead atoms. The van der Waals surface area contributed by atoms with Crippen molar-refractivity contribution in [1.29, 1.82) is 0 Å². The van der Waals surface area contributed by atoms with E-state index in [9.17, 15) is 4.79 Å². The zero-order valence-corrected chi connectivity index (χ0v) is 11.1. The van der Waals surface area contributed by atoms with Crippen LogP contribution in [-0.2, 0) is 0 Å². The summed E-state index contributed by atoms with van der Waals surface area (Å²) in [6.07, 6.45) is 3.73. The molecule has 0 aliphatic heterocycles. The maximum absolute atomic E-state index is 12.4. The number of hydrogen-bond acceptors (Lipinski definition) is 2. The minimum atomic E-state index is 0.148. The molecular formula is C16H20O2. The molecule has 0 radical (unpaired) electrons. The molecule has 2 saturated carbocycles. The summed E-state index contributed by atoms with van der Waals surface area (Å²) in [5, 5.41) is 0. The van der Waals surface area contributed by atoms with Crippen LogP contribution in [0.25, 0.3) is 0 Å². The first-order chi connectivity index (χ1) is 8.63. The van der Waals surface area contributed by atoms with E-state index < -0.39 is 0 Å². The zero-order chi connectivity index (χ0) is 12.7. The second-order valence-electron chi connectivity index (χ2n) is 5.98. The second-order valence-corrected chi connectivity index (χ2v) is 5.98. The Morgan fingerprint density at radius 3 is 2.61 bits per heavy atom. The first-order valence-electron chi connectivity index (χ1n) is 6.94. The van der Waals surface area contributed by atoms with Gasteiger partial charge in [-0.1, -0.05) is 12.1 Å². The number of ketones is 1. The van der Waals surface area contributed by atoms with Gasteiger partial charge in [-0.3, -0.25) is 4.79 Å². The Hall–Kier alpha value is -1.31. The van der Waals surface area contributed by atoms with Gasteiger partial charge in [-0.15, -0.1) is 0 Å². The zero-order valence-electron chi connectivity index (χ0n) is 11.1. The summed E-state index contributed by atoms with van der Waals surface area (Å²) >= 11 is 0. The Bertz CT molecular complexity index is 454. The molecule has 2 unspecified atom stereocenters. The molecule has 0 aromatic heterocycles. The molecule has 3 rings (SSSR count). The summed E-state index contributed by atoms with van der Waals surface area (Å²) in [6, 6.07) is 7.65. The summed E-state index contributed by atoms with van der Waals surface area (Å²) in [7, 11) is 0. The summed E-state index contributed by atoms with van der Waals surface area (Å²) in [5.74, 6) is 3.10. The summed E-state index contributed by atoms with van der Waals surface area (Å²) in [5.41, 5.74) is 0.819. The average Bonchev–Trinajstić information content (AvgIpc) is 2.95. The van der Waals surface area contributed by atoms with Crippen LogP contribution in [-0.4, -0.2) is 11.9 Å². The molecule has 2 nitrogen and oxygen atoms in total. The lowest BCUT2D eigenvalue weighted by molar-refractivity contribution is 0.0913. The predicted molar refractivity (Wildman–Crippen MR) is 70.9 cm³/mol. The SMILES string of the molecule is CC(C)Oc1cccc(C(=O)C2CC3CC3C2)c1. The van der Waals surface area contributed by atoms with E-state index in [0.29, 0.717) is 5.78 Å². The van der Waals surface area contributed by atoms with Gasteiger partial charge in [0.1, 0.15) is 5.75 Å². The van der Waals surface area contributed by atoms with Crippen molar-refractivity contribution in [1.82, 2.24) is 0 Å². The van der Waals surface area contributed by atoms with Gasteiger partial charge in [0.25, 0.3) is 0 Å². The molecule has 2 aliphatic rings. The lowest BCUT2D eigenvalue weighted by Gasteiger charge is -2.13. The van der Waals surface area contributed by atoms with Crippen LogP contribution >= 0.6 is 0 Å². The van der Waals surface area contributed by atoms with E-state index in [1.807, 2.05) is 38.1 Å². The fraction of sp³-hybridized carbons (Fsp3) is 0.562. The molecule has 2 atom stereocenters. The van der Waals surface area contributed by atoms with Crippen molar-refractivity contribution < 1.29 is 9.53 Å². The molecule has 0 amide bonds. The monoisotopic (exact) mass is 244 g/mol. The Labute approximate surface area is 108 Å². The minimum Gasteiger partial charge on any atom is -0.491 e. The van der Waals surface area contributed by atoms with Crippen LogP contribution in [0.2, 0.25) is 0 Å². The van der Waals surface area contributed by atoms with Crippen molar-refractivity contribution in [3.63, 3.8) is 0 Å². The Morgan fingerprint density at radius 2 is 1.94 bits per heavy atom. The van der Waals surface area contributed by atoms with E-state index in [0.717, 1.165) is 36.0 Å². The maximum atomic E-state index is 12.4. The lowest BCUT2D eigenvalue weighted by Crippen LogP contribution is -2.13. The molecule has 0 N–H and O–H groups in total. The van der Waals surface area contributed by atoms with Gasteiger partial charge < -0.3 is 4.74 Å². The molecule has 1 aromatic carbocycles. The number of hydrogen-bond donors (Lipinski definition) is 0. The van der Waals surface area contributed by atoms with Gasteiger partial charge in [0.15, 0.2) is 5.78 Å². The highest BCUT2D eigenvalue weighted by Gasteiger charge is 2.47. The highest BCUT2D eigenvalue weighted by atomic mass is 16.5. The van der Waals surface area contributed by atoms with Gasteiger partial charge >= 0.3 is 0 Å². The normalized spacial score (nSPS) is 29.2. The van der Waals surface area contributed by atoms with Crippen molar-refractivity contribution in [3.8, 4) is 5.75 Å². The largest absolute Gasteiger partial charge is 0.491 e. The van der Waals surface area contributed by atoms with Gasteiger partial charge in [-0.2, -0.15) is 0 Å². The molecule has 2 heteroatoms. The molecule has 0 spiro atoms. The molecule has 2 fully saturated rings. The van der Waals surface area contributed by atoms with E-state index in [1.165, 1.54) is 6.42 Å². The topological polar surface area (TPSA) is 26.3 Å². The quantitative estimate of drug-likeness (QED) is 0.755. The molecule has 0 saturated heterocycles. The summed E-state index contributed by atoms with van der Waals surface area (Å²) in [6.45, 7) is 4.00. The third-order valence-corrected chi connectivity index (χ3v) is 4.10.